The first-order valence-electron chi connectivity index (χ1n) is 27.8. The third-order valence-corrected chi connectivity index (χ3v) is 12.4. The van der Waals surface area contributed by atoms with Gasteiger partial charge in [-0.15, -0.1) is 0 Å². The Morgan fingerprint density at radius 1 is 0.302 bits per heavy atom. The van der Waals surface area contributed by atoms with Crippen molar-refractivity contribution >= 4 is 17.9 Å². The molecule has 0 aromatic rings. The lowest BCUT2D eigenvalue weighted by atomic mass is 10.0. The smallest absolute Gasteiger partial charge is 0.306 e. The van der Waals surface area contributed by atoms with Crippen LogP contribution in [0, 0.1) is 0 Å². The quantitative estimate of drug-likeness (QED) is 0.0262. The SMILES string of the molecule is CCCCCC/C=C/CCCCCCCC(=O)OC[C@H](COC(=O)CCCCCCCCCCCCCCCCCCCC)OC(=O)CCCCCCC/C=C/CCCCCCC. The van der Waals surface area contributed by atoms with Gasteiger partial charge in [-0.3, -0.25) is 14.4 Å². The predicted molar refractivity (Wildman–Crippen MR) is 270 cm³/mol. The summed E-state index contributed by atoms with van der Waals surface area (Å²) in [6.45, 7) is 6.64. The lowest BCUT2D eigenvalue weighted by Gasteiger charge is -2.18. The summed E-state index contributed by atoms with van der Waals surface area (Å²) in [5, 5.41) is 0. The van der Waals surface area contributed by atoms with Gasteiger partial charge in [0.25, 0.3) is 0 Å². The van der Waals surface area contributed by atoms with E-state index in [9.17, 15) is 14.4 Å². The Morgan fingerprint density at radius 3 is 0.810 bits per heavy atom. The van der Waals surface area contributed by atoms with Crippen molar-refractivity contribution in [3.63, 3.8) is 0 Å². The average molecular weight is 887 g/mol. The van der Waals surface area contributed by atoms with Crippen LogP contribution in [0.5, 0.6) is 0 Å². The molecule has 63 heavy (non-hydrogen) atoms. The molecule has 0 amide bonds. The normalized spacial score (nSPS) is 12.1. The zero-order chi connectivity index (χ0) is 45.8. The van der Waals surface area contributed by atoms with Crippen LogP contribution in [0.2, 0.25) is 0 Å². The van der Waals surface area contributed by atoms with Crippen molar-refractivity contribution in [2.24, 2.45) is 0 Å². The lowest BCUT2D eigenvalue weighted by molar-refractivity contribution is -0.167. The molecule has 0 aliphatic heterocycles. The molecule has 0 spiro atoms. The number of allylic oxidation sites excluding steroid dienone is 4. The molecule has 0 saturated carbocycles. The van der Waals surface area contributed by atoms with Crippen molar-refractivity contribution in [1.29, 1.82) is 0 Å². The van der Waals surface area contributed by atoms with Gasteiger partial charge in [-0.2, -0.15) is 0 Å². The number of esters is 3. The molecular weight excluding hydrogens is 781 g/mol. The zero-order valence-corrected chi connectivity index (χ0v) is 42.4. The molecule has 0 N–H and O–H groups in total. The van der Waals surface area contributed by atoms with Gasteiger partial charge in [-0.05, 0) is 70.6 Å². The standard InChI is InChI=1S/C57H106O6/c1-4-7-10-13-16-19-22-25-27-28-29-30-33-35-38-41-44-47-50-56(59)62-53-54(52-61-55(58)49-46-43-40-37-34-31-24-21-18-15-12-9-6-3)63-57(60)51-48-45-42-39-36-32-26-23-20-17-14-11-8-5-2/h21,23-24,26,54H,4-20,22,25,27-53H2,1-3H3/b24-21+,26-23+/t54-/m1/s1. The van der Waals surface area contributed by atoms with Gasteiger partial charge in [0.1, 0.15) is 13.2 Å². The van der Waals surface area contributed by atoms with Crippen molar-refractivity contribution in [2.75, 3.05) is 13.2 Å². The summed E-state index contributed by atoms with van der Waals surface area (Å²) in [6.07, 6.45) is 60.2. The third-order valence-electron chi connectivity index (χ3n) is 12.4. The number of unbranched alkanes of at least 4 members (excludes halogenated alkanes) is 36. The Bertz CT molecular complexity index is 1020. The fourth-order valence-electron chi connectivity index (χ4n) is 8.20. The molecule has 0 saturated heterocycles. The topological polar surface area (TPSA) is 78.9 Å². The fraction of sp³-hybridized carbons (Fsp3) is 0.877. The van der Waals surface area contributed by atoms with E-state index in [1.54, 1.807) is 0 Å². The van der Waals surface area contributed by atoms with Crippen LogP contribution in [0.1, 0.15) is 303 Å². The maximum atomic E-state index is 12.8. The van der Waals surface area contributed by atoms with Gasteiger partial charge in [0.2, 0.25) is 0 Å². The molecule has 0 rings (SSSR count). The molecule has 1 atom stereocenters. The summed E-state index contributed by atoms with van der Waals surface area (Å²) < 4.78 is 16.8. The summed E-state index contributed by atoms with van der Waals surface area (Å²) in [6, 6.07) is 0. The highest BCUT2D eigenvalue weighted by atomic mass is 16.6. The Morgan fingerprint density at radius 2 is 0.524 bits per heavy atom. The molecular formula is C57H106O6. The number of ether oxygens (including phenoxy) is 3. The highest BCUT2D eigenvalue weighted by Crippen LogP contribution is 2.16. The van der Waals surface area contributed by atoms with Crippen LogP contribution >= 0.6 is 0 Å². The van der Waals surface area contributed by atoms with E-state index in [0.717, 1.165) is 70.6 Å². The monoisotopic (exact) mass is 887 g/mol. The first kappa shape index (κ1) is 60.9. The summed E-state index contributed by atoms with van der Waals surface area (Å²) in [5.41, 5.74) is 0. The molecule has 370 valence electrons. The molecule has 0 aliphatic carbocycles. The molecule has 0 unspecified atom stereocenters. The van der Waals surface area contributed by atoms with E-state index >= 15 is 0 Å². The van der Waals surface area contributed by atoms with Crippen molar-refractivity contribution in [3.8, 4) is 0 Å². The van der Waals surface area contributed by atoms with Crippen molar-refractivity contribution in [2.45, 2.75) is 309 Å². The van der Waals surface area contributed by atoms with E-state index in [0.29, 0.717) is 19.3 Å². The zero-order valence-electron chi connectivity index (χ0n) is 42.4. The summed E-state index contributed by atoms with van der Waals surface area (Å²) in [7, 11) is 0. The van der Waals surface area contributed by atoms with Gasteiger partial charge >= 0.3 is 17.9 Å². The minimum absolute atomic E-state index is 0.0731. The average Bonchev–Trinajstić information content (AvgIpc) is 3.28. The highest BCUT2D eigenvalue weighted by Gasteiger charge is 2.19. The molecule has 6 heteroatoms. The van der Waals surface area contributed by atoms with Crippen LogP contribution < -0.4 is 0 Å². The molecule has 0 bridgehead atoms. The Labute approximate surface area is 392 Å². The molecule has 0 fully saturated rings. The molecule has 0 aromatic carbocycles. The minimum atomic E-state index is -0.774. The van der Waals surface area contributed by atoms with E-state index in [2.05, 4.69) is 45.1 Å². The van der Waals surface area contributed by atoms with Gasteiger partial charge in [0.15, 0.2) is 6.10 Å². The van der Waals surface area contributed by atoms with Crippen molar-refractivity contribution in [1.82, 2.24) is 0 Å². The number of carbonyl (C=O) groups is 3. The molecule has 0 heterocycles. The maximum Gasteiger partial charge on any atom is 0.306 e. The van der Waals surface area contributed by atoms with Crippen LogP contribution in [0.3, 0.4) is 0 Å². The number of carbonyl (C=O) groups excluding carboxylic acids is 3. The first-order chi connectivity index (χ1) is 31.0. The van der Waals surface area contributed by atoms with E-state index in [4.69, 9.17) is 14.2 Å². The van der Waals surface area contributed by atoms with Crippen LogP contribution in [-0.4, -0.2) is 37.2 Å². The number of rotatable bonds is 51. The summed E-state index contributed by atoms with van der Waals surface area (Å²) in [5.74, 6) is -0.874. The van der Waals surface area contributed by atoms with Crippen LogP contribution in [-0.2, 0) is 28.6 Å². The molecule has 0 aliphatic rings. The van der Waals surface area contributed by atoms with Crippen molar-refractivity contribution < 1.29 is 28.6 Å². The maximum absolute atomic E-state index is 12.8. The van der Waals surface area contributed by atoms with E-state index < -0.39 is 6.10 Å². The number of hydrogen-bond donors (Lipinski definition) is 0. The molecule has 0 aromatic heterocycles. The van der Waals surface area contributed by atoms with Gasteiger partial charge in [0, 0.05) is 19.3 Å². The first-order valence-corrected chi connectivity index (χ1v) is 27.8. The Hall–Kier alpha value is -2.11. The number of hydrogen-bond acceptors (Lipinski definition) is 6. The minimum Gasteiger partial charge on any atom is -0.462 e. The Balaban J connectivity index is 4.32. The predicted octanol–water partition coefficient (Wildman–Crippen LogP) is 18.3. The lowest BCUT2D eigenvalue weighted by Crippen LogP contribution is -2.30. The van der Waals surface area contributed by atoms with Gasteiger partial charge < -0.3 is 14.2 Å². The second kappa shape index (κ2) is 52.5. The second-order valence-corrected chi connectivity index (χ2v) is 18.8. The molecule has 6 nitrogen and oxygen atoms in total. The summed E-state index contributed by atoms with van der Waals surface area (Å²) in [4.78, 5) is 38.0. The summed E-state index contributed by atoms with van der Waals surface area (Å²) >= 11 is 0. The van der Waals surface area contributed by atoms with E-state index in [1.165, 1.54) is 193 Å². The van der Waals surface area contributed by atoms with Gasteiger partial charge in [0.05, 0.1) is 0 Å². The van der Waals surface area contributed by atoms with Crippen molar-refractivity contribution in [3.05, 3.63) is 24.3 Å². The van der Waals surface area contributed by atoms with Gasteiger partial charge in [-0.1, -0.05) is 238 Å². The van der Waals surface area contributed by atoms with Gasteiger partial charge in [-0.25, -0.2) is 0 Å². The van der Waals surface area contributed by atoms with Crippen LogP contribution in [0.25, 0.3) is 0 Å². The highest BCUT2D eigenvalue weighted by molar-refractivity contribution is 5.71. The Kier molecular flexibility index (Phi) is 50.8. The molecule has 0 radical (unpaired) electrons. The van der Waals surface area contributed by atoms with E-state index in [1.807, 2.05) is 0 Å². The fourth-order valence-corrected chi connectivity index (χ4v) is 8.20. The van der Waals surface area contributed by atoms with Crippen LogP contribution in [0.4, 0.5) is 0 Å². The largest absolute Gasteiger partial charge is 0.462 e. The third kappa shape index (κ3) is 50.7. The van der Waals surface area contributed by atoms with Crippen LogP contribution in [0.15, 0.2) is 24.3 Å². The van der Waals surface area contributed by atoms with E-state index in [-0.39, 0.29) is 31.1 Å². The second-order valence-electron chi connectivity index (χ2n) is 18.8.